The van der Waals surface area contributed by atoms with Crippen LogP contribution in [0.5, 0.6) is 0 Å². The van der Waals surface area contributed by atoms with Gasteiger partial charge in [-0.3, -0.25) is 9.59 Å². The van der Waals surface area contributed by atoms with Gasteiger partial charge in [-0.05, 0) is 6.42 Å². The Kier molecular flexibility index (Phi) is 5.19. The maximum absolute atomic E-state index is 10.7. The number of hydrogen-bond acceptors (Lipinski definition) is 5. The van der Waals surface area contributed by atoms with Gasteiger partial charge < -0.3 is 15.0 Å². The Morgan fingerprint density at radius 3 is 2.33 bits per heavy atom. The molecule has 0 fully saturated rings. The Labute approximate surface area is 72.5 Å². The topological polar surface area (TPSA) is 78.6 Å². The van der Waals surface area contributed by atoms with Crippen LogP contribution in [0.4, 0.5) is 0 Å². The highest BCUT2D eigenvalue weighted by Crippen LogP contribution is 1.97. The van der Waals surface area contributed by atoms with Crippen LogP contribution in [0.25, 0.3) is 0 Å². The fourth-order valence-electron chi connectivity index (χ4n) is 0.645. The highest BCUT2D eigenvalue weighted by atomic mass is 16.5. The van der Waals surface area contributed by atoms with Gasteiger partial charge >= 0.3 is 22.1 Å². The van der Waals surface area contributed by atoms with Crippen LogP contribution in [0.15, 0.2) is 0 Å². The molecule has 0 unspecified atom stereocenters. The first kappa shape index (κ1) is 11.0. The number of nitrogens with two attached hydrogens (primary N) is 1. The molecule has 0 heterocycles. The Hall–Kier alpha value is -0.970. The largest absolute Gasteiger partial charge is 0.543 e. The molecule has 0 saturated heterocycles. The molecule has 0 spiro atoms. The van der Waals surface area contributed by atoms with Crippen molar-refractivity contribution in [3.63, 3.8) is 0 Å². The van der Waals surface area contributed by atoms with Gasteiger partial charge in [-0.25, -0.2) is 0 Å². The van der Waals surface area contributed by atoms with Crippen molar-refractivity contribution in [2.45, 2.75) is 18.9 Å². The molecule has 1 atom stereocenters. The van der Waals surface area contributed by atoms with E-state index in [1.807, 2.05) is 0 Å². The SMILES string of the molecule is BOC(=O)CC[C@H](N)C(=O)OB. The van der Waals surface area contributed by atoms with Crippen LogP contribution in [0.3, 0.4) is 0 Å². The molecule has 5 nitrogen and oxygen atoms in total. The molecule has 0 aromatic heterocycles. The van der Waals surface area contributed by atoms with E-state index < -0.39 is 12.0 Å². The lowest BCUT2D eigenvalue weighted by Gasteiger charge is -2.07. The molecular formula is C5H11B2NO4. The zero-order chi connectivity index (χ0) is 9.56. The van der Waals surface area contributed by atoms with Gasteiger partial charge in [0.1, 0.15) is 6.04 Å². The minimum atomic E-state index is -0.742. The molecule has 66 valence electrons. The van der Waals surface area contributed by atoms with Gasteiger partial charge in [0.05, 0.1) is 0 Å². The molecule has 12 heavy (non-hydrogen) atoms. The molecule has 0 aromatic carbocycles. The summed E-state index contributed by atoms with van der Waals surface area (Å²) in [6.07, 6.45) is 0.381. The lowest BCUT2D eigenvalue weighted by atomic mass is 10.1. The van der Waals surface area contributed by atoms with Crippen molar-refractivity contribution < 1.29 is 18.9 Å². The molecule has 0 aliphatic carbocycles. The molecule has 0 aromatic rings. The van der Waals surface area contributed by atoms with Crippen molar-refractivity contribution in [2.75, 3.05) is 0 Å². The van der Waals surface area contributed by atoms with Gasteiger partial charge in [-0.2, -0.15) is 0 Å². The molecule has 2 N–H and O–H groups in total. The van der Waals surface area contributed by atoms with E-state index in [0.29, 0.717) is 0 Å². The van der Waals surface area contributed by atoms with Crippen LogP contribution in [-0.4, -0.2) is 34.1 Å². The Balaban J connectivity index is 3.63. The standard InChI is InChI=1S/C5H11B2NO4/c6-11-4(9)2-1-3(8)5(10)12-7/h3H,1-2,6-8H2/t3-/m0/s1. The van der Waals surface area contributed by atoms with Crippen LogP contribution in [-0.2, 0) is 18.9 Å². The lowest BCUT2D eigenvalue weighted by Crippen LogP contribution is -2.32. The summed E-state index contributed by atoms with van der Waals surface area (Å²) in [5.41, 5.74) is 5.35. The molecule has 0 rings (SSSR count). The van der Waals surface area contributed by atoms with E-state index in [1.54, 1.807) is 0 Å². The summed E-state index contributed by atoms with van der Waals surface area (Å²) < 4.78 is 8.73. The van der Waals surface area contributed by atoms with Gasteiger partial charge in [0, 0.05) is 6.42 Å². The average Bonchev–Trinajstić information content (AvgIpc) is 2.11. The zero-order valence-electron chi connectivity index (χ0n) is 7.20. The van der Waals surface area contributed by atoms with Gasteiger partial charge in [0.2, 0.25) is 0 Å². The first-order valence-corrected chi connectivity index (χ1v) is 3.52. The van der Waals surface area contributed by atoms with E-state index in [-0.39, 0.29) is 18.8 Å². The summed E-state index contributed by atoms with van der Waals surface area (Å²) in [5, 5.41) is 0. The monoisotopic (exact) mass is 171 g/mol. The summed E-state index contributed by atoms with van der Waals surface area (Å²) >= 11 is 0. The minimum absolute atomic E-state index is 0.132. The van der Waals surface area contributed by atoms with Crippen molar-refractivity contribution >= 4 is 28.0 Å². The summed E-state index contributed by atoms with van der Waals surface area (Å²) in [7, 11) is 2.53. The van der Waals surface area contributed by atoms with Gasteiger partial charge in [-0.15, -0.1) is 0 Å². The van der Waals surface area contributed by atoms with Crippen LogP contribution in [0.1, 0.15) is 12.8 Å². The zero-order valence-corrected chi connectivity index (χ0v) is 7.20. The first-order chi connectivity index (χ1) is 5.61. The average molecular weight is 171 g/mol. The third-order valence-electron chi connectivity index (χ3n) is 1.39. The molecule has 0 amide bonds. The second-order valence-corrected chi connectivity index (χ2v) is 2.24. The highest BCUT2D eigenvalue weighted by molar-refractivity contribution is 6.06. The predicted octanol–water partition coefficient (Wildman–Crippen LogP) is -2.72. The summed E-state index contributed by atoms with van der Waals surface area (Å²) in [4.78, 5) is 21.3. The third kappa shape index (κ3) is 4.02. The number of hydrogen-bond donors (Lipinski definition) is 1. The van der Waals surface area contributed by atoms with E-state index in [1.165, 1.54) is 16.1 Å². The smallest absolute Gasteiger partial charge is 0.326 e. The number of rotatable bonds is 4. The van der Waals surface area contributed by atoms with Crippen LogP contribution >= 0.6 is 0 Å². The van der Waals surface area contributed by atoms with E-state index in [0.717, 1.165) is 0 Å². The summed E-state index contributed by atoms with van der Waals surface area (Å²) in [6.45, 7) is 0. The van der Waals surface area contributed by atoms with E-state index in [9.17, 15) is 9.59 Å². The van der Waals surface area contributed by atoms with Gasteiger partial charge in [-0.1, -0.05) is 0 Å². The lowest BCUT2D eigenvalue weighted by molar-refractivity contribution is -0.136. The molecule has 0 saturated carbocycles. The van der Waals surface area contributed by atoms with Crippen LogP contribution in [0.2, 0.25) is 0 Å². The molecule has 0 aliphatic rings. The molecule has 0 radical (unpaired) electrons. The first-order valence-electron chi connectivity index (χ1n) is 3.52. The minimum Gasteiger partial charge on any atom is -0.543 e. The van der Waals surface area contributed by atoms with Gasteiger partial charge in [0.15, 0.2) is 0 Å². The fraction of sp³-hybridized carbons (Fsp3) is 0.600. The predicted molar refractivity (Wildman–Crippen MR) is 46.5 cm³/mol. The quantitative estimate of drug-likeness (QED) is 0.464. The maximum Gasteiger partial charge on any atom is 0.326 e. The van der Waals surface area contributed by atoms with Crippen LogP contribution in [0, 0.1) is 0 Å². The van der Waals surface area contributed by atoms with Crippen LogP contribution < -0.4 is 5.73 Å². The summed E-state index contributed by atoms with van der Waals surface area (Å²) in [6, 6.07) is -0.742. The van der Waals surface area contributed by atoms with Crippen molar-refractivity contribution in [2.24, 2.45) is 5.73 Å². The Morgan fingerprint density at radius 2 is 1.92 bits per heavy atom. The highest BCUT2D eigenvalue weighted by Gasteiger charge is 2.14. The van der Waals surface area contributed by atoms with E-state index in [2.05, 4.69) is 9.31 Å². The number of carbonyl (C=O) groups excluding carboxylic acids is 2. The number of carbonyl (C=O) groups is 2. The van der Waals surface area contributed by atoms with Crippen molar-refractivity contribution in [1.29, 1.82) is 0 Å². The second-order valence-electron chi connectivity index (χ2n) is 2.24. The maximum atomic E-state index is 10.7. The van der Waals surface area contributed by atoms with Crippen molar-refractivity contribution in [3.8, 4) is 0 Å². The molecule has 0 aliphatic heterocycles. The van der Waals surface area contributed by atoms with Crippen molar-refractivity contribution in [1.82, 2.24) is 0 Å². The Morgan fingerprint density at radius 1 is 1.33 bits per heavy atom. The third-order valence-corrected chi connectivity index (χ3v) is 1.39. The van der Waals surface area contributed by atoms with Gasteiger partial charge in [0.25, 0.3) is 5.97 Å². The summed E-state index contributed by atoms with van der Waals surface area (Å²) in [5.74, 6) is -0.895. The fourth-order valence-corrected chi connectivity index (χ4v) is 0.645. The second kappa shape index (κ2) is 5.65. The van der Waals surface area contributed by atoms with E-state index in [4.69, 9.17) is 5.73 Å². The van der Waals surface area contributed by atoms with E-state index >= 15 is 0 Å². The molecule has 7 heteroatoms. The Bertz CT molecular complexity index is 175. The normalized spacial score (nSPS) is 11.8. The van der Waals surface area contributed by atoms with Crippen molar-refractivity contribution in [3.05, 3.63) is 0 Å². The molecule has 0 bridgehead atoms. The molecular weight excluding hydrogens is 160 g/mol.